The fraction of sp³-hybridized carbons (Fsp3) is 1.00. The Hall–Kier alpha value is -0.0400. The van der Waals surface area contributed by atoms with E-state index in [0.717, 1.165) is 6.04 Å². The Bertz CT molecular complexity index is 107. The summed E-state index contributed by atoms with van der Waals surface area (Å²) in [5.41, 5.74) is 0.579. The maximum absolute atomic E-state index is 3.47. The average Bonchev–Trinajstić information content (AvgIpc) is 1.87. The first-order chi connectivity index (χ1) is 4.67. The molecule has 1 heteroatoms. The lowest BCUT2D eigenvalue weighted by Crippen LogP contribution is -2.59. The summed E-state index contributed by atoms with van der Waals surface area (Å²) < 4.78 is 0. The second-order valence-electron chi connectivity index (χ2n) is 4.06. The van der Waals surface area contributed by atoms with Crippen LogP contribution in [0.5, 0.6) is 0 Å². The number of hydrogen-bond acceptors (Lipinski definition) is 1. The van der Waals surface area contributed by atoms with Gasteiger partial charge in [0.05, 0.1) is 0 Å². The van der Waals surface area contributed by atoms with Gasteiger partial charge in [0.15, 0.2) is 0 Å². The van der Waals surface area contributed by atoms with Crippen molar-refractivity contribution in [2.24, 2.45) is 5.41 Å². The van der Waals surface area contributed by atoms with Crippen molar-refractivity contribution < 1.29 is 0 Å². The summed E-state index contributed by atoms with van der Waals surface area (Å²) in [7, 11) is 0. The highest BCUT2D eigenvalue weighted by Crippen LogP contribution is 2.30. The molecule has 1 aliphatic rings. The molecule has 1 atom stereocenters. The normalized spacial score (nSPS) is 29.7. The zero-order chi connectivity index (χ0) is 7.61. The van der Waals surface area contributed by atoms with E-state index >= 15 is 0 Å². The van der Waals surface area contributed by atoms with Crippen molar-refractivity contribution in [1.29, 1.82) is 0 Å². The summed E-state index contributed by atoms with van der Waals surface area (Å²) >= 11 is 0. The zero-order valence-corrected chi connectivity index (χ0v) is 7.41. The van der Waals surface area contributed by atoms with Gasteiger partial charge in [0, 0.05) is 12.6 Å². The Labute approximate surface area is 64.2 Å². The van der Waals surface area contributed by atoms with E-state index in [2.05, 4.69) is 26.1 Å². The fourth-order valence-electron chi connectivity index (χ4n) is 1.56. The molecule has 0 saturated carbocycles. The molecule has 0 aromatic heterocycles. The van der Waals surface area contributed by atoms with Gasteiger partial charge in [0.1, 0.15) is 0 Å². The first-order valence-corrected chi connectivity index (χ1v) is 4.40. The van der Waals surface area contributed by atoms with Crippen LogP contribution in [0.4, 0.5) is 0 Å². The van der Waals surface area contributed by atoms with E-state index < -0.39 is 0 Å². The molecule has 1 heterocycles. The second-order valence-corrected chi connectivity index (χ2v) is 4.06. The second kappa shape index (κ2) is 2.91. The Morgan fingerprint density at radius 2 is 2.20 bits per heavy atom. The summed E-state index contributed by atoms with van der Waals surface area (Å²) in [5.74, 6) is 0. The third-order valence-electron chi connectivity index (χ3n) is 2.59. The van der Waals surface area contributed by atoms with Gasteiger partial charge >= 0.3 is 0 Å². The molecule has 1 aliphatic heterocycles. The third kappa shape index (κ3) is 1.51. The molecule has 10 heavy (non-hydrogen) atoms. The van der Waals surface area contributed by atoms with E-state index in [4.69, 9.17) is 0 Å². The number of rotatable bonds is 3. The SMILES string of the molecule is CCCCC1NCC1(C)C. The van der Waals surface area contributed by atoms with E-state index in [0.29, 0.717) is 5.41 Å². The first kappa shape index (κ1) is 8.06. The molecule has 0 aromatic carbocycles. The van der Waals surface area contributed by atoms with Crippen molar-refractivity contribution in [3.63, 3.8) is 0 Å². The molecule has 0 bridgehead atoms. The molecular formula is C9H19N. The van der Waals surface area contributed by atoms with Gasteiger partial charge in [-0.1, -0.05) is 33.6 Å². The molecule has 1 N–H and O–H groups in total. The number of hydrogen-bond donors (Lipinski definition) is 1. The molecule has 0 radical (unpaired) electrons. The van der Waals surface area contributed by atoms with Crippen LogP contribution in [0.1, 0.15) is 40.0 Å². The van der Waals surface area contributed by atoms with E-state index in [1.54, 1.807) is 0 Å². The summed E-state index contributed by atoms with van der Waals surface area (Å²) in [5, 5.41) is 3.47. The van der Waals surface area contributed by atoms with Crippen LogP contribution in [0.3, 0.4) is 0 Å². The highest BCUT2D eigenvalue weighted by Gasteiger charge is 2.36. The molecule has 0 aliphatic carbocycles. The van der Waals surface area contributed by atoms with E-state index in [-0.39, 0.29) is 0 Å². The maximum atomic E-state index is 3.47. The van der Waals surface area contributed by atoms with Crippen molar-refractivity contribution in [2.75, 3.05) is 6.54 Å². The average molecular weight is 141 g/mol. The molecular weight excluding hydrogens is 122 g/mol. The lowest BCUT2D eigenvalue weighted by molar-refractivity contribution is 0.117. The highest BCUT2D eigenvalue weighted by atomic mass is 15.0. The fourth-order valence-corrected chi connectivity index (χ4v) is 1.56. The Balaban J connectivity index is 2.17. The molecule has 0 spiro atoms. The Morgan fingerprint density at radius 1 is 1.50 bits per heavy atom. The molecule has 1 unspecified atom stereocenters. The summed E-state index contributed by atoms with van der Waals surface area (Å²) in [6, 6.07) is 0.799. The predicted octanol–water partition coefficient (Wildman–Crippen LogP) is 2.17. The monoisotopic (exact) mass is 141 g/mol. The molecule has 1 fully saturated rings. The van der Waals surface area contributed by atoms with Crippen LogP contribution in [0.15, 0.2) is 0 Å². The van der Waals surface area contributed by atoms with Crippen LogP contribution in [-0.4, -0.2) is 12.6 Å². The minimum absolute atomic E-state index is 0.579. The van der Waals surface area contributed by atoms with Gasteiger partial charge in [-0.3, -0.25) is 0 Å². The van der Waals surface area contributed by atoms with Crippen LogP contribution in [0, 0.1) is 5.41 Å². The standard InChI is InChI=1S/C9H19N/c1-4-5-6-8-9(2,3)7-10-8/h8,10H,4-7H2,1-3H3. The van der Waals surface area contributed by atoms with Gasteiger partial charge in [0.2, 0.25) is 0 Å². The van der Waals surface area contributed by atoms with E-state index in [9.17, 15) is 0 Å². The molecule has 1 rings (SSSR count). The van der Waals surface area contributed by atoms with E-state index in [1.165, 1.54) is 25.8 Å². The summed E-state index contributed by atoms with van der Waals surface area (Å²) in [4.78, 5) is 0. The smallest absolute Gasteiger partial charge is 0.0131 e. The van der Waals surface area contributed by atoms with Gasteiger partial charge < -0.3 is 5.32 Å². The molecule has 1 nitrogen and oxygen atoms in total. The molecule has 60 valence electrons. The van der Waals surface area contributed by atoms with Gasteiger partial charge in [-0.25, -0.2) is 0 Å². The number of unbranched alkanes of at least 4 members (excludes halogenated alkanes) is 1. The van der Waals surface area contributed by atoms with Crippen LogP contribution in [0.2, 0.25) is 0 Å². The van der Waals surface area contributed by atoms with Crippen molar-refractivity contribution in [1.82, 2.24) is 5.32 Å². The minimum atomic E-state index is 0.579. The quantitative estimate of drug-likeness (QED) is 0.635. The van der Waals surface area contributed by atoms with Crippen molar-refractivity contribution >= 4 is 0 Å². The Kier molecular flexibility index (Phi) is 2.35. The van der Waals surface area contributed by atoms with Crippen molar-refractivity contribution in [3.05, 3.63) is 0 Å². The van der Waals surface area contributed by atoms with E-state index in [1.807, 2.05) is 0 Å². The predicted molar refractivity (Wildman–Crippen MR) is 45.1 cm³/mol. The minimum Gasteiger partial charge on any atom is -0.313 e. The lowest BCUT2D eigenvalue weighted by Gasteiger charge is -2.46. The van der Waals surface area contributed by atoms with Crippen LogP contribution >= 0.6 is 0 Å². The third-order valence-corrected chi connectivity index (χ3v) is 2.59. The topological polar surface area (TPSA) is 12.0 Å². The lowest BCUT2D eigenvalue weighted by atomic mass is 9.75. The van der Waals surface area contributed by atoms with Crippen LogP contribution in [-0.2, 0) is 0 Å². The maximum Gasteiger partial charge on any atom is 0.0131 e. The molecule has 1 saturated heterocycles. The van der Waals surface area contributed by atoms with Crippen LogP contribution < -0.4 is 5.32 Å². The van der Waals surface area contributed by atoms with Gasteiger partial charge in [-0.15, -0.1) is 0 Å². The molecule has 0 amide bonds. The van der Waals surface area contributed by atoms with Crippen molar-refractivity contribution in [3.8, 4) is 0 Å². The number of nitrogens with one attached hydrogen (secondary N) is 1. The first-order valence-electron chi connectivity index (χ1n) is 4.40. The van der Waals surface area contributed by atoms with Crippen molar-refractivity contribution in [2.45, 2.75) is 46.1 Å². The largest absolute Gasteiger partial charge is 0.313 e. The van der Waals surface area contributed by atoms with Crippen LogP contribution in [0.25, 0.3) is 0 Å². The highest BCUT2D eigenvalue weighted by molar-refractivity contribution is 4.95. The summed E-state index contributed by atoms with van der Waals surface area (Å²) in [6.45, 7) is 8.17. The van der Waals surface area contributed by atoms with Gasteiger partial charge in [-0.2, -0.15) is 0 Å². The van der Waals surface area contributed by atoms with Gasteiger partial charge in [0.25, 0.3) is 0 Å². The summed E-state index contributed by atoms with van der Waals surface area (Å²) in [6.07, 6.45) is 4.07. The Morgan fingerprint density at radius 3 is 2.50 bits per heavy atom. The molecule has 0 aromatic rings. The van der Waals surface area contributed by atoms with Gasteiger partial charge in [-0.05, 0) is 11.8 Å². The zero-order valence-electron chi connectivity index (χ0n) is 7.41.